The molecule has 0 unspecified atom stereocenters. The molecule has 2 nitrogen and oxygen atoms in total. The van der Waals surface area contributed by atoms with Gasteiger partial charge in [0, 0.05) is 3.57 Å². The van der Waals surface area contributed by atoms with Crippen LogP contribution in [0.15, 0.2) is 24.3 Å². The molecule has 0 saturated carbocycles. The minimum Gasteiger partial charge on any atom is -0.363 e. The lowest BCUT2D eigenvalue weighted by Crippen LogP contribution is -2.25. The first-order valence-electron chi connectivity index (χ1n) is 4.39. The van der Waals surface area contributed by atoms with Gasteiger partial charge in [-0.3, -0.25) is 0 Å². The first-order valence-corrected chi connectivity index (χ1v) is 5.47. The van der Waals surface area contributed by atoms with E-state index in [2.05, 4.69) is 22.6 Å². The van der Waals surface area contributed by atoms with E-state index in [1.165, 1.54) is 0 Å². The Balaban J connectivity index is 2.62. The quantitative estimate of drug-likeness (QED) is 0.631. The van der Waals surface area contributed by atoms with Crippen molar-refractivity contribution in [3.8, 4) is 0 Å². The molecule has 0 N–H and O–H groups in total. The molecule has 3 heteroatoms. The van der Waals surface area contributed by atoms with Crippen molar-refractivity contribution >= 4 is 28.9 Å². The van der Waals surface area contributed by atoms with Gasteiger partial charge in [0.25, 0.3) is 0 Å². The fourth-order valence-corrected chi connectivity index (χ4v) is 1.46. The zero-order chi connectivity index (χ0) is 10.6. The molecule has 0 heterocycles. The van der Waals surface area contributed by atoms with Crippen molar-refractivity contribution in [2.75, 3.05) is 0 Å². The normalized spacial score (nSPS) is 11.4. The summed E-state index contributed by atoms with van der Waals surface area (Å²) in [5.41, 5.74) is 0.418. The standard InChI is InChI=1S/C11H13IO2/c1-11(2,8-13)14-7-9-5-3-4-6-10(9)12/h3-6,8H,7H2,1-2H3. The van der Waals surface area contributed by atoms with Crippen LogP contribution in [-0.4, -0.2) is 11.9 Å². The molecule has 0 saturated heterocycles. The zero-order valence-corrected chi connectivity index (χ0v) is 10.4. The van der Waals surface area contributed by atoms with Gasteiger partial charge in [0.15, 0.2) is 6.29 Å². The maximum Gasteiger partial charge on any atom is 0.151 e. The van der Waals surface area contributed by atoms with Crippen molar-refractivity contribution in [2.24, 2.45) is 0 Å². The summed E-state index contributed by atoms with van der Waals surface area (Å²) in [6, 6.07) is 7.97. The van der Waals surface area contributed by atoms with E-state index in [-0.39, 0.29) is 0 Å². The summed E-state index contributed by atoms with van der Waals surface area (Å²) in [7, 11) is 0. The Labute approximate surface area is 97.8 Å². The molecule has 0 aliphatic heterocycles. The van der Waals surface area contributed by atoms with Crippen molar-refractivity contribution < 1.29 is 9.53 Å². The zero-order valence-electron chi connectivity index (χ0n) is 8.29. The molecule has 0 spiro atoms. The molecule has 0 amide bonds. The van der Waals surface area contributed by atoms with Gasteiger partial charge in [0.1, 0.15) is 5.60 Å². The smallest absolute Gasteiger partial charge is 0.151 e. The lowest BCUT2D eigenvalue weighted by molar-refractivity contribution is -0.128. The second kappa shape index (κ2) is 4.89. The molecule has 0 aliphatic carbocycles. The van der Waals surface area contributed by atoms with Gasteiger partial charge in [-0.15, -0.1) is 0 Å². The number of hydrogen-bond acceptors (Lipinski definition) is 2. The Morgan fingerprint density at radius 1 is 1.43 bits per heavy atom. The van der Waals surface area contributed by atoms with Gasteiger partial charge < -0.3 is 9.53 Å². The molecule has 76 valence electrons. The molecule has 14 heavy (non-hydrogen) atoms. The Morgan fingerprint density at radius 3 is 2.64 bits per heavy atom. The van der Waals surface area contributed by atoms with E-state index in [1.54, 1.807) is 13.8 Å². The number of halogens is 1. The number of carbonyl (C=O) groups excluding carboxylic acids is 1. The van der Waals surface area contributed by atoms with Crippen LogP contribution in [0.3, 0.4) is 0 Å². The average molecular weight is 304 g/mol. The fraction of sp³-hybridized carbons (Fsp3) is 0.364. The van der Waals surface area contributed by atoms with Gasteiger partial charge >= 0.3 is 0 Å². The Morgan fingerprint density at radius 2 is 2.07 bits per heavy atom. The highest BCUT2D eigenvalue weighted by Crippen LogP contribution is 2.15. The lowest BCUT2D eigenvalue weighted by atomic mass is 10.1. The van der Waals surface area contributed by atoms with Crippen molar-refractivity contribution in [3.05, 3.63) is 33.4 Å². The van der Waals surface area contributed by atoms with Gasteiger partial charge in [-0.25, -0.2) is 0 Å². The summed E-state index contributed by atoms with van der Waals surface area (Å²) >= 11 is 2.26. The third-order valence-corrected chi connectivity index (χ3v) is 2.89. The van der Waals surface area contributed by atoms with E-state index in [1.807, 2.05) is 24.3 Å². The van der Waals surface area contributed by atoms with Gasteiger partial charge in [-0.05, 0) is 48.1 Å². The number of aldehydes is 1. The van der Waals surface area contributed by atoms with Crippen LogP contribution in [0.1, 0.15) is 19.4 Å². The van der Waals surface area contributed by atoms with Gasteiger partial charge in [-0.2, -0.15) is 0 Å². The maximum absolute atomic E-state index is 10.6. The molecule has 0 bridgehead atoms. The van der Waals surface area contributed by atoms with Crippen LogP contribution >= 0.6 is 22.6 Å². The monoisotopic (exact) mass is 304 g/mol. The number of rotatable bonds is 4. The summed E-state index contributed by atoms with van der Waals surface area (Å²) < 4.78 is 6.63. The van der Waals surface area contributed by atoms with E-state index in [4.69, 9.17) is 4.74 Å². The average Bonchev–Trinajstić information content (AvgIpc) is 2.17. The highest BCUT2D eigenvalue weighted by molar-refractivity contribution is 14.1. The molecule has 0 atom stereocenters. The van der Waals surface area contributed by atoms with E-state index in [0.29, 0.717) is 6.61 Å². The molecule has 1 rings (SSSR count). The number of hydrogen-bond donors (Lipinski definition) is 0. The first-order chi connectivity index (χ1) is 6.55. The van der Waals surface area contributed by atoms with Crippen LogP contribution in [0.5, 0.6) is 0 Å². The summed E-state index contributed by atoms with van der Waals surface area (Å²) in [6.07, 6.45) is 0.822. The number of carbonyl (C=O) groups is 1. The minimum atomic E-state index is -0.696. The van der Waals surface area contributed by atoms with Crippen molar-refractivity contribution in [1.29, 1.82) is 0 Å². The summed E-state index contributed by atoms with van der Waals surface area (Å²) in [5, 5.41) is 0. The highest BCUT2D eigenvalue weighted by atomic mass is 127. The van der Waals surface area contributed by atoms with E-state index < -0.39 is 5.60 Å². The molecule has 1 aromatic carbocycles. The van der Waals surface area contributed by atoms with Crippen molar-refractivity contribution in [2.45, 2.75) is 26.1 Å². The fourth-order valence-electron chi connectivity index (χ4n) is 0.913. The van der Waals surface area contributed by atoms with Crippen molar-refractivity contribution in [1.82, 2.24) is 0 Å². The van der Waals surface area contributed by atoms with Crippen LogP contribution in [0.4, 0.5) is 0 Å². The molecular weight excluding hydrogens is 291 g/mol. The van der Waals surface area contributed by atoms with Crippen LogP contribution < -0.4 is 0 Å². The van der Waals surface area contributed by atoms with Crippen LogP contribution in [0.2, 0.25) is 0 Å². The predicted molar refractivity (Wildman–Crippen MR) is 64.1 cm³/mol. The van der Waals surface area contributed by atoms with Crippen LogP contribution in [0.25, 0.3) is 0 Å². The van der Waals surface area contributed by atoms with E-state index >= 15 is 0 Å². The van der Waals surface area contributed by atoms with Crippen LogP contribution in [-0.2, 0) is 16.1 Å². The molecule has 0 aromatic heterocycles. The molecule has 1 aromatic rings. The third-order valence-electron chi connectivity index (χ3n) is 1.84. The second-order valence-electron chi connectivity index (χ2n) is 3.60. The Kier molecular flexibility index (Phi) is 4.07. The third kappa shape index (κ3) is 3.38. The van der Waals surface area contributed by atoms with E-state index in [0.717, 1.165) is 15.4 Å². The van der Waals surface area contributed by atoms with Gasteiger partial charge in [0.05, 0.1) is 6.61 Å². The SMILES string of the molecule is CC(C)(C=O)OCc1ccccc1I. The van der Waals surface area contributed by atoms with Gasteiger partial charge in [-0.1, -0.05) is 18.2 Å². The highest BCUT2D eigenvalue weighted by Gasteiger charge is 2.16. The topological polar surface area (TPSA) is 26.3 Å². The summed E-state index contributed by atoms with van der Waals surface area (Å²) in [6.45, 7) is 4.00. The minimum absolute atomic E-state index is 0.477. The summed E-state index contributed by atoms with van der Waals surface area (Å²) in [4.78, 5) is 10.6. The van der Waals surface area contributed by atoms with Crippen molar-refractivity contribution in [3.63, 3.8) is 0 Å². The maximum atomic E-state index is 10.6. The molecular formula is C11H13IO2. The number of benzene rings is 1. The predicted octanol–water partition coefficient (Wildman–Crippen LogP) is 2.79. The second-order valence-corrected chi connectivity index (χ2v) is 4.76. The largest absolute Gasteiger partial charge is 0.363 e. The van der Waals surface area contributed by atoms with Crippen LogP contribution in [0, 0.1) is 3.57 Å². The summed E-state index contributed by atoms with van der Waals surface area (Å²) in [5.74, 6) is 0. The number of ether oxygens (including phenoxy) is 1. The van der Waals surface area contributed by atoms with E-state index in [9.17, 15) is 4.79 Å². The lowest BCUT2D eigenvalue weighted by Gasteiger charge is -2.18. The Bertz CT molecular complexity index is 321. The molecule has 0 aliphatic rings. The molecule has 0 radical (unpaired) electrons. The van der Waals surface area contributed by atoms with Gasteiger partial charge in [0.2, 0.25) is 0 Å². The first kappa shape index (κ1) is 11.7. The Hall–Kier alpha value is -0.420. The molecule has 0 fully saturated rings.